The number of hydrogen-bond acceptors (Lipinski definition) is 6. The summed E-state index contributed by atoms with van der Waals surface area (Å²) < 4.78 is 0. The smallest absolute Gasteiger partial charge is 0.149 e. The summed E-state index contributed by atoms with van der Waals surface area (Å²) in [7, 11) is 0. The van der Waals surface area contributed by atoms with E-state index in [0.717, 1.165) is 0 Å². The zero-order chi connectivity index (χ0) is 12.8. The first kappa shape index (κ1) is 12.4. The molecule has 0 bridgehead atoms. The third kappa shape index (κ3) is 3.78. The number of phenolic OH excluding ortho intramolecular Hbond substituents is 1. The molecule has 0 aliphatic carbocycles. The Morgan fingerprint density at radius 1 is 0.824 bits per heavy atom. The fourth-order valence-corrected chi connectivity index (χ4v) is 0.989. The van der Waals surface area contributed by atoms with E-state index in [0.29, 0.717) is 17.2 Å². The number of pyridine rings is 1. The third-order valence-corrected chi connectivity index (χ3v) is 1.92. The molecule has 0 aliphatic heterocycles. The van der Waals surface area contributed by atoms with E-state index in [1.807, 2.05) is 0 Å². The van der Waals surface area contributed by atoms with Crippen LogP contribution in [0, 0.1) is 0 Å². The van der Waals surface area contributed by atoms with Crippen molar-refractivity contribution in [3.8, 4) is 5.75 Å². The van der Waals surface area contributed by atoms with Crippen LogP contribution in [-0.2, 0) is 0 Å². The van der Waals surface area contributed by atoms with Gasteiger partial charge in [-0.05, 0) is 24.3 Å². The number of phenols is 1. The molecule has 2 aromatic rings. The molecule has 1 aromatic heterocycles. The van der Waals surface area contributed by atoms with Gasteiger partial charge in [-0.2, -0.15) is 0 Å². The summed E-state index contributed by atoms with van der Waals surface area (Å²) in [6.07, 6.45) is 0. The Hall–Kier alpha value is -2.63. The van der Waals surface area contributed by atoms with E-state index in [2.05, 4.69) is 4.98 Å². The quantitative estimate of drug-likeness (QED) is 0.337. The van der Waals surface area contributed by atoms with E-state index < -0.39 is 0 Å². The fraction of sp³-hybridized carbons (Fsp3) is 0. The van der Waals surface area contributed by atoms with E-state index in [1.165, 1.54) is 0 Å². The molecule has 0 radical (unpaired) electrons. The van der Waals surface area contributed by atoms with E-state index in [1.54, 1.807) is 36.4 Å². The summed E-state index contributed by atoms with van der Waals surface area (Å²) in [6.45, 7) is 0. The number of rotatable bonds is 0. The van der Waals surface area contributed by atoms with Gasteiger partial charge in [0.1, 0.15) is 17.4 Å². The molecular formula is C11H15N5O. The Kier molecular flexibility index (Phi) is 3.99. The van der Waals surface area contributed by atoms with Crippen LogP contribution >= 0.6 is 0 Å². The molecule has 0 aliphatic rings. The summed E-state index contributed by atoms with van der Waals surface area (Å²) in [5.41, 5.74) is 22.1. The minimum Gasteiger partial charge on any atom is -0.506 e. The van der Waals surface area contributed by atoms with Crippen molar-refractivity contribution in [2.24, 2.45) is 0 Å². The molecule has 6 nitrogen and oxygen atoms in total. The fourth-order valence-electron chi connectivity index (χ4n) is 0.989. The first-order chi connectivity index (χ1) is 8.00. The number of nitrogens with zero attached hydrogens (tertiary/aromatic N) is 1. The van der Waals surface area contributed by atoms with Gasteiger partial charge in [-0.15, -0.1) is 0 Å². The van der Waals surface area contributed by atoms with Crippen LogP contribution in [0.1, 0.15) is 0 Å². The maximum absolute atomic E-state index is 8.79. The SMILES string of the molecule is Nc1ccc(N)c(N)n1.Nc1ccccc1O. The lowest BCUT2D eigenvalue weighted by Gasteiger charge is -1.97. The molecule has 90 valence electrons. The highest BCUT2D eigenvalue weighted by atomic mass is 16.3. The number of para-hydroxylation sites is 2. The summed E-state index contributed by atoms with van der Waals surface area (Å²) in [4.78, 5) is 3.70. The zero-order valence-corrected chi connectivity index (χ0v) is 9.17. The maximum Gasteiger partial charge on any atom is 0.149 e. The highest BCUT2D eigenvalue weighted by molar-refractivity contribution is 5.60. The van der Waals surface area contributed by atoms with Crippen molar-refractivity contribution in [2.75, 3.05) is 22.9 Å². The molecule has 0 amide bonds. The lowest BCUT2D eigenvalue weighted by atomic mass is 10.3. The minimum atomic E-state index is 0.146. The monoisotopic (exact) mass is 233 g/mol. The van der Waals surface area contributed by atoms with Gasteiger partial charge in [0.15, 0.2) is 0 Å². The molecule has 1 aromatic carbocycles. The van der Waals surface area contributed by atoms with Crippen LogP contribution in [0.25, 0.3) is 0 Å². The van der Waals surface area contributed by atoms with Gasteiger partial charge in [0.25, 0.3) is 0 Å². The molecule has 0 saturated carbocycles. The summed E-state index contributed by atoms with van der Waals surface area (Å²) >= 11 is 0. The molecule has 9 N–H and O–H groups in total. The largest absolute Gasteiger partial charge is 0.506 e. The minimum absolute atomic E-state index is 0.146. The molecule has 0 unspecified atom stereocenters. The topological polar surface area (TPSA) is 137 Å². The normalized spacial score (nSPS) is 9.18. The van der Waals surface area contributed by atoms with Crippen molar-refractivity contribution in [2.45, 2.75) is 0 Å². The summed E-state index contributed by atoms with van der Waals surface area (Å²) in [5.74, 6) is 0.823. The summed E-state index contributed by atoms with van der Waals surface area (Å²) in [5, 5.41) is 8.79. The van der Waals surface area contributed by atoms with E-state index in [4.69, 9.17) is 28.0 Å². The second kappa shape index (κ2) is 5.45. The lowest BCUT2D eigenvalue weighted by molar-refractivity contribution is 0.478. The zero-order valence-electron chi connectivity index (χ0n) is 9.17. The van der Waals surface area contributed by atoms with Gasteiger partial charge in [-0.1, -0.05) is 12.1 Å². The van der Waals surface area contributed by atoms with Gasteiger partial charge in [-0.25, -0.2) is 4.98 Å². The first-order valence-electron chi connectivity index (χ1n) is 4.81. The molecule has 6 heteroatoms. The Morgan fingerprint density at radius 3 is 1.88 bits per heavy atom. The van der Waals surface area contributed by atoms with Gasteiger partial charge in [0, 0.05) is 0 Å². The predicted octanol–water partition coefficient (Wildman–Crippen LogP) is 0.803. The van der Waals surface area contributed by atoms with Gasteiger partial charge in [0.2, 0.25) is 0 Å². The second-order valence-corrected chi connectivity index (χ2v) is 3.27. The van der Waals surface area contributed by atoms with Crippen molar-refractivity contribution in [1.29, 1.82) is 0 Å². The van der Waals surface area contributed by atoms with E-state index >= 15 is 0 Å². The maximum atomic E-state index is 8.79. The van der Waals surface area contributed by atoms with Crippen LogP contribution in [0.4, 0.5) is 23.0 Å². The highest BCUT2D eigenvalue weighted by Crippen LogP contribution is 2.16. The van der Waals surface area contributed by atoms with Gasteiger partial charge >= 0.3 is 0 Å². The van der Waals surface area contributed by atoms with Crippen LogP contribution in [0.15, 0.2) is 36.4 Å². The number of aromatic hydroxyl groups is 1. The number of hydrogen-bond donors (Lipinski definition) is 5. The lowest BCUT2D eigenvalue weighted by Crippen LogP contribution is -1.99. The molecule has 1 heterocycles. The Balaban J connectivity index is 0.000000171. The van der Waals surface area contributed by atoms with E-state index in [9.17, 15) is 0 Å². The third-order valence-electron chi connectivity index (χ3n) is 1.92. The number of nitrogens with two attached hydrogens (primary N) is 4. The first-order valence-corrected chi connectivity index (χ1v) is 4.81. The van der Waals surface area contributed by atoms with Gasteiger partial charge in [0.05, 0.1) is 11.4 Å². The Labute approximate surface area is 98.9 Å². The second-order valence-electron chi connectivity index (χ2n) is 3.27. The average molecular weight is 233 g/mol. The Bertz CT molecular complexity index is 480. The molecule has 0 spiro atoms. The van der Waals surface area contributed by atoms with Crippen LogP contribution in [0.3, 0.4) is 0 Å². The van der Waals surface area contributed by atoms with Gasteiger partial charge < -0.3 is 28.0 Å². The van der Waals surface area contributed by atoms with Crippen molar-refractivity contribution in [1.82, 2.24) is 4.98 Å². The Morgan fingerprint density at radius 2 is 1.47 bits per heavy atom. The van der Waals surface area contributed by atoms with Crippen LogP contribution in [0.5, 0.6) is 5.75 Å². The number of benzene rings is 1. The van der Waals surface area contributed by atoms with Crippen molar-refractivity contribution in [3.63, 3.8) is 0 Å². The molecule has 0 atom stereocenters. The molecule has 17 heavy (non-hydrogen) atoms. The molecular weight excluding hydrogens is 218 g/mol. The number of aromatic nitrogens is 1. The molecule has 0 saturated heterocycles. The number of nitrogen functional groups attached to an aromatic ring is 4. The van der Waals surface area contributed by atoms with E-state index in [-0.39, 0.29) is 11.6 Å². The van der Waals surface area contributed by atoms with Crippen molar-refractivity contribution in [3.05, 3.63) is 36.4 Å². The standard InChI is InChI=1S/C6H7NO.C5H8N4/c7-5-3-1-2-4-6(5)8;6-3-1-2-4(7)9-5(3)8/h1-4,8H,7H2;1-2H,6H2,(H4,7,8,9). The predicted molar refractivity (Wildman–Crippen MR) is 70.0 cm³/mol. The van der Waals surface area contributed by atoms with Crippen molar-refractivity contribution < 1.29 is 5.11 Å². The van der Waals surface area contributed by atoms with Crippen LogP contribution in [0.2, 0.25) is 0 Å². The van der Waals surface area contributed by atoms with Gasteiger partial charge in [-0.3, -0.25) is 0 Å². The highest BCUT2D eigenvalue weighted by Gasteiger charge is 1.92. The summed E-state index contributed by atoms with van der Waals surface area (Å²) in [6, 6.07) is 9.93. The van der Waals surface area contributed by atoms with Crippen LogP contribution in [-0.4, -0.2) is 10.1 Å². The average Bonchev–Trinajstić information content (AvgIpc) is 2.29. The number of anilines is 4. The van der Waals surface area contributed by atoms with Crippen molar-refractivity contribution >= 4 is 23.0 Å². The van der Waals surface area contributed by atoms with Crippen LogP contribution < -0.4 is 22.9 Å². The molecule has 0 fully saturated rings. The molecule has 2 rings (SSSR count).